The van der Waals surface area contributed by atoms with Crippen LogP contribution in [-0.4, -0.2) is 18.4 Å². The van der Waals surface area contributed by atoms with E-state index in [0.717, 1.165) is 10.9 Å². The Bertz CT molecular complexity index is 865. The number of rotatable bonds is 4. The molecule has 1 N–H and O–H groups in total. The van der Waals surface area contributed by atoms with Gasteiger partial charge in [-0.1, -0.05) is 18.2 Å². The topological polar surface area (TPSA) is 72.0 Å². The SMILES string of the molecule is Cl.O=S(=O)(NCc1cccnc1)c1cccc2cnccc12. The van der Waals surface area contributed by atoms with Crippen molar-refractivity contribution in [1.82, 2.24) is 14.7 Å². The Morgan fingerprint density at radius 3 is 2.55 bits per heavy atom. The lowest BCUT2D eigenvalue weighted by Crippen LogP contribution is -2.23. The number of hydrogen-bond acceptors (Lipinski definition) is 4. The fourth-order valence-electron chi connectivity index (χ4n) is 2.09. The van der Waals surface area contributed by atoms with E-state index in [1.54, 1.807) is 49.1 Å². The number of hydrogen-bond donors (Lipinski definition) is 1. The monoisotopic (exact) mass is 335 g/mol. The number of nitrogens with zero attached hydrogens (tertiary/aromatic N) is 2. The fourth-order valence-corrected chi connectivity index (χ4v) is 3.33. The van der Waals surface area contributed by atoms with E-state index < -0.39 is 10.0 Å². The number of halogens is 1. The molecule has 0 aliphatic carbocycles. The summed E-state index contributed by atoms with van der Waals surface area (Å²) in [6.07, 6.45) is 6.52. The highest BCUT2D eigenvalue weighted by atomic mass is 35.5. The van der Waals surface area contributed by atoms with Crippen LogP contribution in [0.1, 0.15) is 5.56 Å². The summed E-state index contributed by atoms with van der Waals surface area (Å²) in [5.41, 5.74) is 0.808. The fraction of sp³-hybridized carbons (Fsp3) is 0.0667. The first-order valence-electron chi connectivity index (χ1n) is 6.38. The Kier molecular flexibility index (Phi) is 5.07. The lowest BCUT2D eigenvalue weighted by Gasteiger charge is -2.09. The maximum atomic E-state index is 12.5. The highest BCUT2D eigenvalue weighted by molar-refractivity contribution is 7.89. The van der Waals surface area contributed by atoms with Crippen LogP contribution in [0.2, 0.25) is 0 Å². The van der Waals surface area contributed by atoms with E-state index in [4.69, 9.17) is 0 Å². The van der Waals surface area contributed by atoms with E-state index in [-0.39, 0.29) is 23.8 Å². The zero-order chi connectivity index (χ0) is 14.7. The molecule has 0 amide bonds. The van der Waals surface area contributed by atoms with Crippen LogP contribution in [0.5, 0.6) is 0 Å². The van der Waals surface area contributed by atoms with Gasteiger partial charge in [0, 0.05) is 42.1 Å². The molecule has 1 aromatic carbocycles. The molecule has 0 saturated heterocycles. The second-order valence-corrected chi connectivity index (χ2v) is 6.27. The molecular formula is C15H14ClN3O2S. The lowest BCUT2D eigenvalue weighted by molar-refractivity contribution is 0.582. The zero-order valence-electron chi connectivity index (χ0n) is 11.5. The van der Waals surface area contributed by atoms with Crippen LogP contribution in [0.3, 0.4) is 0 Å². The van der Waals surface area contributed by atoms with Gasteiger partial charge in [-0.3, -0.25) is 9.97 Å². The molecule has 0 aliphatic heterocycles. The van der Waals surface area contributed by atoms with Crippen LogP contribution in [0.15, 0.2) is 66.1 Å². The third-order valence-corrected chi connectivity index (χ3v) is 4.58. The Morgan fingerprint density at radius 1 is 0.955 bits per heavy atom. The van der Waals surface area contributed by atoms with E-state index in [1.807, 2.05) is 12.1 Å². The Morgan fingerprint density at radius 2 is 1.77 bits per heavy atom. The van der Waals surface area contributed by atoms with Gasteiger partial charge in [-0.05, 0) is 23.8 Å². The predicted molar refractivity (Wildman–Crippen MR) is 87.3 cm³/mol. The Hall–Kier alpha value is -2.02. The van der Waals surface area contributed by atoms with Crippen LogP contribution in [0.25, 0.3) is 10.8 Å². The molecule has 0 radical (unpaired) electrons. The van der Waals surface area contributed by atoms with Crippen molar-refractivity contribution in [2.75, 3.05) is 0 Å². The molecule has 5 nitrogen and oxygen atoms in total. The minimum absolute atomic E-state index is 0. The molecule has 0 atom stereocenters. The first-order chi connectivity index (χ1) is 10.2. The molecule has 0 bridgehead atoms. The summed E-state index contributed by atoms with van der Waals surface area (Å²) in [7, 11) is -3.59. The van der Waals surface area contributed by atoms with Crippen LogP contribution >= 0.6 is 12.4 Å². The van der Waals surface area contributed by atoms with Crippen LogP contribution in [0, 0.1) is 0 Å². The normalized spacial score (nSPS) is 11.1. The maximum Gasteiger partial charge on any atom is 0.241 e. The van der Waals surface area contributed by atoms with Gasteiger partial charge in [0.05, 0.1) is 4.90 Å². The number of nitrogens with one attached hydrogen (secondary N) is 1. The first-order valence-corrected chi connectivity index (χ1v) is 7.86. The van der Waals surface area contributed by atoms with E-state index in [9.17, 15) is 8.42 Å². The summed E-state index contributed by atoms with van der Waals surface area (Å²) < 4.78 is 27.5. The molecular weight excluding hydrogens is 322 g/mol. The zero-order valence-corrected chi connectivity index (χ0v) is 13.1. The van der Waals surface area contributed by atoms with Crippen molar-refractivity contribution in [3.05, 3.63) is 66.7 Å². The summed E-state index contributed by atoms with van der Waals surface area (Å²) in [5, 5.41) is 1.45. The van der Waals surface area contributed by atoms with Gasteiger partial charge in [0.2, 0.25) is 10.0 Å². The average Bonchev–Trinajstić information content (AvgIpc) is 2.53. The van der Waals surface area contributed by atoms with Gasteiger partial charge in [0.1, 0.15) is 0 Å². The highest BCUT2D eigenvalue weighted by Gasteiger charge is 2.16. The second-order valence-electron chi connectivity index (χ2n) is 4.54. The molecule has 2 aromatic heterocycles. The predicted octanol–water partition coefficient (Wildman–Crippen LogP) is 2.53. The largest absolute Gasteiger partial charge is 0.264 e. The second kappa shape index (κ2) is 6.83. The van der Waals surface area contributed by atoms with Crippen molar-refractivity contribution in [3.8, 4) is 0 Å². The number of fused-ring (bicyclic) bond motifs is 1. The number of aromatic nitrogens is 2. The quantitative estimate of drug-likeness (QED) is 0.795. The smallest absolute Gasteiger partial charge is 0.241 e. The Balaban J connectivity index is 0.00000176. The molecule has 7 heteroatoms. The van der Waals surface area contributed by atoms with Crippen molar-refractivity contribution in [1.29, 1.82) is 0 Å². The number of pyridine rings is 2. The van der Waals surface area contributed by atoms with Gasteiger partial charge in [-0.25, -0.2) is 13.1 Å². The molecule has 0 saturated carbocycles. The maximum absolute atomic E-state index is 12.5. The minimum atomic E-state index is -3.59. The summed E-state index contributed by atoms with van der Waals surface area (Å²) in [4.78, 5) is 8.23. The van der Waals surface area contributed by atoms with E-state index in [1.165, 1.54) is 0 Å². The first kappa shape index (κ1) is 16.4. The standard InChI is InChI=1S/C15H13N3O2S.ClH/c19-21(20,18-10-12-3-2-7-16-9-12)15-5-1-4-13-11-17-8-6-14(13)15;/h1-9,11,18H,10H2;1H. The van der Waals surface area contributed by atoms with Crippen LogP contribution in [0.4, 0.5) is 0 Å². The molecule has 3 rings (SSSR count). The molecule has 22 heavy (non-hydrogen) atoms. The van der Waals surface area contributed by atoms with Gasteiger partial charge < -0.3 is 0 Å². The summed E-state index contributed by atoms with van der Waals surface area (Å²) in [6.45, 7) is 0.206. The van der Waals surface area contributed by atoms with Crippen molar-refractivity contribution < 1.29 is 8.42 Å². The van der Waals surface area contributed by atoms with Crippen molar-refractivity contribution in [2.24, 2.45) is 0 Å². The molecule has 0 fully saturated rings. The van der Waals surface area contributed by atoms with Gasteiger partial charge >= 0.3 is 0 Å². The molecule has 114 valence electrons. The number of sulfonamides is 1. The molecule has 0 spiro atoms. The summed E-state index contributed by atoms with van der Waals surface area (Å²) in [5.74, 6) is 0. The van der Waals surface area contributed by atoms with Gasteiger partial charge in [-0.15, -0.1) is 12.4 Å². The number of benzene rings is 1. The van der Waals surface area contributed by atoms with Gasteiger partial charge in [0.15, 0.2) is 0 Å². The van der Waals surface area contributed by atoms with E-state index >= 15 is 0 Å². The molecule has 2 heterocycles. The van der Waals surface area contributed by atoms with Crippen molar-refractivity contribution in [2.45, 2.75) is 11.4 Å². The van der Waals surface area contributed by atoms with Crippen molar-refractivity contribution in [3.63, 3.8) is 0 Å². The van der Waals surface area contributed by atoms with Crippen molar-refractivity contribution >= 4 is 33.2 Å². The molecule has 0 unspecified atom stereocenters. The lowest BCUT2D eigenvalue weighted by atomic mass is 10.2. The van der Waals surface area contributed by atoms with Crippen LogP contribution in [-0.2, 0) is 16.6 Å². The van der Waals surface area contributed by atoms with E-state index in [2.05, 4.69) is 14.7 Å². The Labute approximate surface area is 134 Å². The summed E-state index contributed by atoms with van der Waals surface area (Å²) >= 11 is 0. The highest BCUT2D eigenvalue weighted by Crippen LogP contribution is 2.21. The minimum Gasteiger partial charge on any atom is -0.264 e. The average molecular weight is 336 g/mol. The van der Waals surface area contributed by atoms with Gasteiger partial charge in [-0.2, -0.15) is 0 Å². The summed E-state index contributed by atoms with van der Waals surface area (Å²) in [6, 6.07) is 10.4. The van der Waals surface area contributed by atoms with E-state index in [0.29, 0.717) is 5.39 Å². The molecule has 3 aromatic rings. The van der Waals surface area contributed by atoms with Gasteiger partial charge in [0.25, 0.3) is 0 Å². The third-order valence-electron chi connectivity index (χ3n) is 3.12. The van der Waals surface area contributed by atoms with Crippen LogP contribution < -0.4 is 4.72 Å². The third kappa shape index (κ3) is 3.41. The molecule has 0 aliphatic rings.